The van der Waals surface area contributed by atoms with Gasteiger partial charge < -0.3 is 15.4 Å². The highest BCUT2D eigenvalue weighted by Gasteiger charge is 1.99. The van der Waals surface area contributed by atoms with Gasteiger partial charge in [0.1, 0.15) is 5.75 Å². The van der Waals surface area contributed by atoms with Crippen molar-refractivity contribution in [2.24, 2.45) is 0 Å². The van der Waals surface area contributed by atoms with E-state index in [4.69, 9.17) is 4.74 Å². The Labute approximate surface area is 149 Å². The molecule has 0 unspecified atom stereocenters. The van der Waals surface area contributed by atoms with Crippen molar-refractivity contribution in [2.75, 3.05) is 18.4 Å². The number of hydrogen-bond donors (Lipinski definition) is 2. The van der Waals surface area contributed by atoms with Crippen LogP contribution in [0, 0.1) is 6.92 Å². The van der Waals surface area contributed by atoms with Crippen LogP contribution in [0.15, 0.2) is 48.8 Å². The molecule has 5 nitrogen and oxygen atoms in total. The number of nitrogens with one attached hydrogen (secondary N) is 2. The molecule has 0 aliphatic carbocycles. The zero-order chi connectivity index (χ0) is 18.1. The van der Waals surface area contributed by atoms with Gasteiger partial charge in [0.25, 0.3) is 0 Å². The quantitative estimate of drug-likeness (QED) is 0.571. The van der Waals surface area contributed by atoms with Gasteiger partial charge in [-0.1, -0.05) is 0 Å². The molecule has 1 aromatic heterocycles. The van der Waals surface area contributed by atoms with Crippen molar-refractivity contribution in [3.8, 4) is 5.75 Å². The van der Waals surface area contributed by atoms with E-state index in [-0.39, 0.29) is 12.0 Å². The van der Waals surface area contributed by atoms with Gasteiger partial charge in [0.05, 0.1) is 6.10 Å². The number of carbonyl (C=O) groups excluding carboxylic acids is 1. The zero-order valence-electron chi connectivity index (χ0n) is 15.0. The molecule has 0 aliphatic heterocycles. The summed E-state index contributed by atoms with van der Waals surface area (Å²) in [6.07, 6.45) is 7.00. The summed E-state index contributed by atoms with van der Waals surface area (Å²) in [4.78, 5) is 15.9. The van der Waals surface area contributed by atoms with Gasteiger partial charge in [0.15, 0.2) is 0 Å². The molecule has 2 aromatic rings. The number of aromatic nitrogens is 1. The maximum atomic E-state index is 11.8. The molecular weight excluding hydrogens is 314 g/mol. The van der Waals surface area contributed by atoms with E-state index in [1.807, 2.05) is 51.1 Å². The van der Waals surface area contributed by atoms with Crippen molar-refractivity contribution in [2.45, 2.75) is 26.9 Å². The zero-order valence-corrected chi connectivity index (χ0v) is 15.0. The lowest BCUT2D eigenvalue weighted by atomic mass is 10.1. The Morgan fingerprint density at radius 1 is 1.20 bits per heavy atom. The molecule has 0 spiro atoms. The fraction of sp³-hybridized carbons (Fsp3) is 0.300. The summed E-state index contributed by atoms with van der Waals surface area (Å²) in [6.45, 7) is 7.16. The van der Waals surface area contributed by atoms with Crippen LogP contribution in [-0.4, -0.2) is 30.1 Å². The molecule has 0 bridgehead atoms. The predicted molar refractivity (Wildman–Crippen MR) is 102 cm³/mol. The molecule has 0 fully saturated rings. The summed E-state index contributed by atoms with van der Waals surface area (Å²) in [6, 6.07) is 9.67. The van der Waals surface area contributed by atoms with E-state index in [1.165, 1.54) is 0 Å². The average molecular weight is 339 g/mol. The molecule has 0 radical (unpaired) electrons. The summed E-state index contributed by atoms with van der Waals surface area (Å²) in [5, 5.41) is 6.11. The van der Waals surface area contributed by atoms with Crippen LogP contribution in [-0.2, 0) is 4.79 Å². The maximum Gasteiger partial charge on any atom is 0.244 e. The Morgan fingerprint density at radius 3 is 2.64 bits per heavy atom. The molecule has 25 heavy (non-hydrogen) atoms. The van der Waals surface area contributed by atoms with Crippen molar-refractivity contribution in [1.82, 2.24) is 10.3 Å². The second-order valence-corrected chi connectivity index (χ2v) is 5.97. The Morgan fingerprint density at radius 2 is 1.96 bits per heavy atom. The van der Waals surface area contributed by atoms with Gasteiger partial charge in [-0.2, -0.15) is 0 Å². The summed E-state index contributed by atoms with van der Waals surface area (Å²) in [5.74, 6) is 0.740. The van der Waals surface area contributed by atoms with Crippen LogP contribution in [0.1, 0.15) is 25.0 Å². The minimum absolute atomic E-state index is 0.112. The largest absolute Gasteiger partial charge is 0.491 e. The smallest absolute Gasteiger partial charge is 0.244 e. The standard InChI is InChI=1S/C20H25N3O2/c1-15(2)25-19-7-5-18(6-8-19)22-12-13-23-20(24)9-4-17-10-11-21-14-16(17)3/h4-11,14-15,22H,12-13H2,1-3H3,(H,23,24)/b9-4+. The van der Waals surface area contributed by atoms with Crippen molar-refractivity contribution < 1.29 is 9.53 Å². The molecule has 0 atom stereocenters. The van der Waals surface area contributed by atoms with Crippen LogP contribution in [0.5, 0.6) is 5.75 Å². The van der Waals surface area contributed by atoms with E-state index in [9.17, 15) is 4.79 Å². The van der Waals surface area contributed by atoms with Crippen LogP contribution >= 0.6 is 0 Å². The van der Waals surface area contributed by atoms with Crippen molar-refractivity contribution >= 4 is 17.7 Å². The van der Waals surface area contributed by atoms with Gasteiger partial charge >= 0.3 is 0 Å². The molecule has 2 rings (SSSR count). The highest BCUT2D eigenvalue weighted by Crippen LogP contribution is 2.16. The third-order valence-corrected chi connectivity index (χ3v) is 3.46. The fourth-order valence-corrected chi connectivity index (χ4v) is 2.21. The lowest BCUT2D eigenvalue weighted by Gasteiger charge is -2.11. The molecule has 0 saturated heterocycles. The van der Waals surface area contributed by atoms with E-state index >= 15 is 0 Å². The van der Waals surface area contributed by atoms with Crippen molar-refractivity contribution in [3.63, 3.8) is 0 Å². The second kappa shape index (κ2) is 9.47. The van der Waals surface area contributed by atoms with Gasteiger partial charge in [0.2, 0.25) is 5.91 Å². The molecule has 132 valence electrons. The number of pyridine rings is 1. The number of nitrogens with zero attached hydrogens (tertiary/aromatic N) is 1. The third-order valence-electron chi connectivity index (χ3n) is 3.46. The summed E-state index contributed by atoms with van der Waals surface area (Å²) in [7, 11) is 0. The van der Waals surface area contributed by atoms with Crippen LogP contribution in [0.3, 0.4) is 0 Å². The minimum Gasteiger partial charge on any atom is -0.491 e. The molecule has 0 saturated carbocycles. The molecule has 0 aliphatic rings. The van der Waals surface area contributed by atoms with Crippen LogP contribution in [0.4, 0.5) is 5.69 Å². The number of rotatable bonds is 8. The molecular formula is C20H25N3O2. The number of aryl methyl sites for hydroxylation is 1. The highest BCUT2D eigenvalue weighted by atomic mass is 16.5. The van der Waals surface area contributed by atoms with E-state index in [0.717, 1.165) is 22.6 Å². The number of benzene rings is 1. The first-order valence-electron chi connectivity index (χ1n) is 8.41. The fourth-order valence-electron chi connectivity index (χ4n) is 2.21. The van der Waals surface area contributed by atoms with Gasteiger partial charge in [0, 0.05) is 37.2 Å². The van der Waals surface area contributed by atoms with Gasteiger partial charge in [-0.25, -0.2) is 0 Å². The molecule has 1 aromatic carbocycles. The van der Waals surface area contributed by atoms with Crippen molar-refractivity contribution in [3.05, 3.63) is 59.9 Å². The van der Waals surface area contributed by atoms with E-state index in [0.29, 0.717) is 13.1 Å². The number of anilines is 1. The number of amides is 1. The Balaban J connectivity index is 1.70. The van der Waals surface area contributed by atoms with Gasteiger partial charge in [-0.3, -0.25) is 9.78 Å². The summed E-state index contributed by atoms with van der Waals surface area (Å²) < 4.78 is 5.60. The molecule has 2 N–H and O–H groups in total. The monoisotopic (exact) mass is 339 g/mol. The average Bonchev–Trinajstić information content (AvgIpc) is 2.59. The lowest BCUT2D eigenvalue weighted by molar-refractivity contribution is -0.116. The van der Waals surface area contributed by atoms with Crippen LogP contribution in [0.2, 0.25) is 0 Å². The van der Waals surface area contributed by atoms with Gasteiger partial charge in [-0.05, 0) is 68.3 Å². The first kappa shape index (κ1) is 18.5. The number of hydrogen-bond acceptors (Lipinski definition) is 4. The first-order chi connectivity index (χ1) is 12.0. The molecule has 5 heteroatoms. The van der Waals surface area contributed by atoms with E-state index in [1.54, 1.807) is 24.5 Å². The van der Waals surface area contributed by atoms with Crippen molar-refractivity contribution in [1.29, 1.82) is 0 Å². The highest BCUT2D eigenvalue weighted by molar-refractivity contribution is 5.91. The Kier molecular flexibility index (Phi) is 7.01. The molecule has 1 heterocycles. The number of carbonyl (C=O) groups is 1. The van der Waals surface area contributed by atoms with Gasteiger partial charge in [-0.15, -0.1) is 0 Å². The van der Waals surface area contributed by atoms with E-state index < -0.39 is 0 Å². The summed E-state index contributed by atoms with van der Waals surface area (Å²) in [5.41, 5.74) is 3.03. The lowest BCUT2D eigenvalue weighted by Crippen LogP contribution is -2.27. The predicted octanol–water partition coefficient (Wildman–Crippen LogP) is 3.42. The Bertz CT molecular complexity index is 709. The topological polar surface area (TPSA) is 63.2 Å². The van der Waals surface area contributed by atoms with Crippen LogP contribution < -0.4 is 15.4 Å². The second-order valence-electron chi connectivity index (χ2n) is 5.97. The normalized spacial score (nSPS) is 10.9. The first-order valence-corrected chi connectivity index (χ1v) is 8.41. The Hall–Kier alpha value is -2.82. The number of ether oxygens (including phenoxy) is 1. The third kappa shape index (κ3) is 6.67. The van der Waals surface area contributed by atoms with E-state index in [2.05, 4.69) is 15.6 Å². The molecule has 1 amide bonds. The minimum atomic E-state index is -0.112. The SMILES string of the molecule is Cc1cnccc1/C=C/C(=O)NCCNc1ccc(OC(C)C)cc1. The van der Waals surface area contributed by atoms with Crippen LogP contribution in [0.25, 0.3) is 6.08 Å². The maximum absolute atomic E-state index is 11.8. The summed E-state index contributed by atoms with van der Waals surface area (Å²) >= 11 is 0.